The lowest BCUT2D eigenvalue weighted by Crippen LogP contribution is -2.45. The van der Waals surface area contributed by atoms with Gasteiger partial charge in [-0.1, -0.05) is 23.4 Å². The van der Waals surface area contributed by atoms with E-state index in [0.29, 0.717) is 40.9 Å². The number of pyridine rings is 1. The molecule has 1 aromatic carbocycles. The number of carbonyl (C=O) groups is 2. The first-order valence-electron chi connectivity index (χ1n) is 10.1. The SMILES string of the molecule is COC(=O)N1CCC1c1nc(-c2ccc(C)c(NC(=O)c3cnc4ccccn34)c2)no1. The average molecular weight is 432 g/mol. The van der Waals surface area contributed by atoms with Gasteiger partial charge in [0.05, 0.1) is 13.3 Å². The number of anilines is 1. The third-order valence-corrected chi connectivity index (χ3v) is 5.55. The van der Waals surface area contributed by atoms with Crippen molar-refractivity contribution in [3.05, 3.63) is 65.9 Å². The molecule has 5 rings (SSSR count). The van der Waals surface area contributed by atoms with Gasteiger partial charge in [0.15, 0.2) is 0 Å². The van der Waals surface area contributed by atoms with Gasteiger partial charge in [-0.05, 0) is 37.1 Å². The van der Waals surface area contributed by atoms with E-state index in [0.717, 1.165) is 12.0 Å². The molecule has 1 saturated heterocycles. The summed E-state index contributed by atoms with van der Waals surface area (Å²) in [7, 11) is 1.34. The second kappa shape index (κ2) is 7.80. The quantitative estimate of drug-likeness (QED) is 0.525. The number of rotatable bonds is 4. The predicted octanol–water partition coefficient (Wildman–Crippen LogP) is 3.46. The predicted molar refractivity (Wildman–Crippen MR) is 114 cm³/mol. The van der Waals surface area contributed by atoms with Crippen LogP contribution in [0.3, 0.4) is 0 Å². The van der Waals surface area contributed by atoms with Crippen molar-refractivity contribution < 1.29 is 18.8 Å². The molecule has 4 heterocycles. The fraction of sp³-hybridized carbons (Fsp3) is 0.227. The van der Waals surface area contributed by atoms with Crippen LogP contribution in [0.25, 0.3) is 17.0 Å². The number of likely N-dealkylation sites (tertiary alicyclic amines) is 1. The Morgan fingerprint density at radius 1 is 1.25 bits per heavy atom. The Morgan fingerprint density at radius 2 is 2.12 bits per heavy atom. The van der Waals surface area contributed by atoms with E-state index in [9.17, 15) is 9.59 Å². The van der Waals surface area contributed by atoms with Crippen LogP contribution in [0.1, 0.15) is 34.4 Å². The van der Waals surface area contributed by atoms with E-state index >= 15 is 0 Å². The maximum atomic E-state index is 12.9. The maximum Gasteiger partial charge on any atom is 0.410 e. The highest BCUT2D eigenvalue weighted by molar-refractivity contribution is 6.04. The largest absolute Gasteiger partial charge is 0.453 e. The van der Waals surface area contributed by atoms with E-state index in [1.807, 2.05) is 37.3 Å². The molecule has 10 heteroatoms. The van der Waals surface area contributed by atoms with Gasteiger partial charge in [0, 0.05) is 24.0 Å². The highest BCUT2D eigenvalue weighted by atomic mass is 16.5. The average Bonchev–Trinajstić information content (AvgIpc) is 3.42. The highest BCUT2D eigenvalue weighted by Crippen LogP contribution is 2.34. The standard InChI is InChI=1S/C22H20N6O4/c1-13-6-7-14(19-25-21(32-26-19)16-8-10-28(16)22(30)31-2)11-15(13)24-20(29)17-12-23-18-5-3-4-9-27(17)18/h3-7,9,11-12,16H,8,10H2,1-2H3,(H,24,29). The van der Waals surface area contributed by atoms with Gasteiger partial charge < -0.3 is 14.6 Å². The van der Waals surface area contributed by atoms with Gasteiger partial charge in [-0.15, -0.1) is 0 Å². The zero-order chi connectivity index (χ0) is 22.2. The molecule has 32 heavy (non-hydrogen) atoms. The van der Waals surface area contributed by atoms with Gasteiger partial charge >= 0.3 is 6.09 Å². The summed E-state index contributed by atoms with van der Waals surface area (Å²) in [4.78, 5) is 34.9. The number of hydrogen-bond acceptors (Lipinski definition) is 7. The molecule has 2 amide bonds. The van der Waals surface area contributed by atoms with Gasteiger partial charge in [-0.2, -0.15) is 4.98 Å². The Bertz CT molecular complexity index is 1330. The summed E-state index contributed by atoms with van der Waals surface area (Å²) in [6.07, 6.45) is 3.64. The maximum absolute atomic E-state index is 12.9. The Balaban J connectivity index is 1.38. The molecule has 1 N–H and O–H groups in total. The number of nitrogens with one attached hydrogen (secondary N) is 1. The highest BCUT2D eigenvalue weighted by Gasteiger charge is 2.38. The smallest absolute Gasteiger partial charge is 0.410 e. The molecule has 1 aliphatic heterocycles. The molecule has 0 radical (unpaired) electrons. The lowest BCUT2D eigenvalue weighted by atomic mass is 10.0. The Hall–Kier alpha value is -4.21. The van der Waals surface area contributed by atoms with Gasteiger partial charge in [-0.25, -0.2) is 9.78 Å². The summed E-state index contributed by atoms with van der Waals surface area (Å²) >= 11 is 0. The van der Waals surface area contributed by atoms with Gasteiger partial charge in [0.1, 0.15) is 17.4 Å². The van der Waals surface area contributed by atoms with E-state index in [1.165, 1.54) is 12.0 Å². The number of nitrogens with zero attached hydrogens (tertiary/aromatic N) is 5. The molecule has 3 aromatic heterocycles. The second-order valence-electron chi connectivity index (χ2n) is 7.48. The fourth-order valence-electron chi connectivity index (χ4n) is 3.65. The summed E-state index contributed by atoms with van der Waals surface area (Å²) in [5, 5.41) is 7.00. The molecule has 0 spiro atoms. The number of aromatic nitrogens is 4. The first-order valence-corrected chi connectivity index (χ1v) is 10.1. The van der Waals surface area contributed by atoms with Crippen molar-refractivity contribution >= 4 is 23.3 Å². The van der Waals surface area contributed by atoms with Crippen molar-refractivity contribution in [1.82, 2.24) is 24.4 Å². The molecule has 1 aliphatic rings. The number of carbonyl (C=O) groups excluding carboxylic acids is 2. The van der Waals surface area contributed by atoms with Crippen molar-refractivity contribution in [1.29, 1.82) is 0 Å². The van der Waals surface area contributed by atoms with Crippen molar-refractivity contribution in [2.24, 2.45) is 0 Å². The Labute approximate surface area is 182 Å². The van der Waals surface area contributed by atoms with Crippen LogP contribution in [0.2, 0.25) is 0 Å². The summed E-state index contributed by atoms with van der Waals surface area (Å²) in [6, 6.07) is 10.8. The fourth-order valence-corrected chi connectivity index (χ4v) is 3.65. The van der Waals surface area contributed by atoms with E-state index in [1.54, 1.807) is 22.9 Å². The van der Waals surface area contributed by atoms with E-state index < -0.39 is 6.09 Å². The molecule has 1 unspecified atom stereocenters. The van der Waals surface area contributed by atoms with Crippen molar-refractivity contribution in [3.63, 3.8) is 0 Å². The number of methoxy groups -OCH3 is 1. The van der Waals surface area contributed by atoms with Crippen LogP contribution >= 0.6 is 0 Å². The Morgan fingerprint density at radius 3 is 2.91 bits per heavy atom. The van der Waals surface area contributed by atoms with Gasteiger partial charge in [0.2, 0.25) is 11.7 Å². The minimum Gasteiger partial charge on any atom is -0.453 e. The third-order valence-electron chi connectivity index (χ3n) is 5.55. The lowest BCUT2D eigenvalue weighted by Gasteiger charge is -2.36. The molecular weight excluding hydrogens is 412 g/mol. The van der Waals surface area contributed by atoms with Crippen LogP contribution in [0.15, 0.2) is 53.3 Å². The minimum absolute atomic E-state index is 0.277. The molecular formula is C22H20N6O4. The van der Waals surface area contributed by atoms with Crippen molar-refractivity contribution in [3.8, 4) is 11.4 Å². The summed E-state index contributed by atoms with van der Waals surface area (Å²) in [6.45, 7) is 2.48. The number of hydrogen-bond donors (Lipinski definition) is 1. The summed E-state index contributed by atoms with van der Waals surface area (Å²) in [5.41, 5.74) is 3.32. The topological polar surface area (TPSA) is 115 Å². The van der Waals surface area contributed by atoms with Crippen LogP contribution in [-0.2, 0) is 4.74 Å². The van der Waals surface area contributed by atoms with Crippen LogP contribution in [0, 0.1) is 6.92 Å². The van der Waals surface area contributed by atoms with E-state index in [4.69, 9.17) is 9.26 Å². The van der Waals surface area contributed by atoms with E-state index in [-0.39, 0.29) is 11.9 Å². The van der Waals surface area contributed by atoms with Crippen LogP contribution in [-0.4, -0.2) is 50.1 Å². The second-order valence-corrected chi connectivity index (χ2v) is 7.48. The molecule has 0 aliphatic carbocycles. The zero-order valence-electron chi connectivity index (χ0n) is 17.5. The van der Waals surface area contributed by atoms with Gasteiger partial charge in [-0.3, -0.25) is 14.1 Å². The monoisotopic (exact) mass is 432 g/mol. The minimum atomic E-state index is -0.422. The van der Waals surface area contributed by atoms with Crippen LogP contribution in [0.4, 0.5) is 10.5 Å². The van der Waals surface area contributed by atoms with Crippen LogP contribution < -0.4 is 5.32 Å². The molecule has 4 aromatic rings. The Kier molecular flexibility index (Phi) is 4.81. The molecule has 0 bridgehead atoms. The summed E-state index contributed by atoms with van der Waals surface area (Å²) in [5.74, 6) is 0.455. The third kappa shape index (κ3) is 3.35. The molecule has 1 atom stereocenters. The number of fused-ring (bicyclic) bond motifs is 1. The number of imidazole rings is 1. The first-order chi connectivity index (χ1) is 15.5. The molecule has 1 fully saturated rings. The van der Waals surface area contributed by atoms with Crippen LogP contribution in [0.5, 0.6) is 0 Å². The molecule has 162 valence electrons. The van der Waals surface area contributed by atoms with E-state index in [2.05, 4.69) is 20.4 Å². The molecule has 10 nitrogen and oxygen atoms in total. The lowest BCUT2D eigenvalue weighted by molar-refractivity contribution is 0.0471. The first kappa shape index (κ1) is 19.7. The molecule has 0 saturated carbocycles. The van der Waals surface area contributed by atoms with Gasteiger partial charge in [0.25, 0.3) is 5.91 Å². The number of benzene rings is 1. The van der Waals surface area contributed by atoms with Crippen molar-refractivity contribution in [2.75, 3.05) is 19.0 Å². The van der Waals surface area contributed by atoms with Crippen molar-refractivity contribution in [2.45, 2.75) is 19.4 Å². The normalized spacial score (nSPS) is 15.4. The summed E-state index contributed by atoms with van der Waals surface area (Å²) < 4.78 is 11.9. The zero-order valence-corrected chi connectivity index (χ0v) is 17.5. The number of amides is 2. The number of aryl methyl sites for hydroxylation is 1. The number of ether oxygens (including phenoxy) is 1.